The summed E-state index contributed by atoms with van der Waals surface area (Å²) in [6, 6.07) is 28.3. The molecule has 0 aliphatic carbocycles. The van der Waals surface area contributed by atoms with E-state index in [1.165, 1.54) is 5.39 Å². The molecule has 5 rings (SSSR count). The third kappa shape index (κ3) is 2.23. The lowest BCUT2D eigenvalue weighted by Crippen LogP contribution is -1.88. The van der Waals surface area contributed by atoms with E-state index in [9.17, 15) is 5.11 Å². The van der Waals surface area contributed by atoms with Crippen LogP contribution in [0.25, 0.3) is 43.7 Å². The monoisotopic (exact) mass is 321 g/mol. The zero-order valence-electron chi connectivity index (χ0n) is 13.5. The van der Waals surface area contributed by atoms with E-state index in [1.807, 2.05) is 24.3 Å². The van der Waals surface area contributed by atoms with Crippen molar-refractivity contribution in [2.75, 3.05) is 0 Å². The number of nitrogens with zero attached hydrogens (tertiary/aromatic N) is 1. The summed E-state index contributed by atoms with van der Waals surface area (Å²) < 4.78 is 0. The lowest BCUT2D eigenvalue weighted by atomic mass is 9.95. The summed E-state index contributed by atoms with van der Waals surface area (Å²) in [7, 11) is 0. The van der Waals surface area contributed by atoms with E-state index in [0.29, 0.717) is 0 Å². The van der Waals surface area contributed by atoms with Gasteiger partial charge in [-0.3, -0.25) is 0 Å². The molecule has 2 nitrogen and oxygen atoms in total. The summed E-state index contributed by atoms with van der Waals surface area (Å²) in [5.74, 6) is 0.279. The second-order valence-corrected chi connectivity index (χ2v) is 6.27. The van der Waals surface area contributed by atoms with Crippen LogP contribution in [0.1, 0.15) is 0 Å². The van der Waals surface area contributed by atoms with E-state index in [4.69, 9.17) is 4.98 Å². The Morgan fingerprint density at radius 1 is 0.640 bits per heavy atom. The Morgan fingerprint density at radius 3 is 2.20 bits per heavy atom. The molecule has 0 radical (unpaired) electrons. The van der Waals surface area contributed by atoms with Gasteiger partial charge in [0.1, 0.15) is 5.75 Å². The van der Waals surface area contributed by atoms with Crippen LogP contribution < -0.4 is 0 Å². The SMILES string of the molecule is Oc1ccc(-c2cc3cc4ccccc4nc3c3ccccc23)cc1. The molecule has 0 saturated carbocycles. The smallest absolute Gasteiger partial charge is 0.115 e. The average Bonchev–Trinajstić information content (AvgIpc) is 2.67. The summed E-state index contributed by atoms with van der Waals surface area (Å²) >= 11 is 0. The Kier molecular flexibility index (Phi) is 2.98. The Balaban J connectivity index is 1.93. The highest BCUT2D eigenvalue weighted by atomic mass is 16.3. The maximum absolute atomic E-state index is 9.60. The van der Waals surface area contributed by atoms with Crippen LogP contribution in [0.5, 0.6) is 5.75 Å². The molecule has 5 aromatic rings. The third-order valence-corrected chi connectivity index (χ3v) is 4.70. The molecule has 0 bridgehead atoms. The number of fused-ring (bicyclic) bond motifs is 4. The van der Waals surface area contributed by atoms with E-state index in [-0.39, 0.29) is 5.75 Å². The van der Waals surface area contributed by atoms with Gasteiger partial charge in [0, 0.05) is 16.2 Å². The zero-order valence-corrected chi connectivity index (χ0v) is 13.5. The Bertz CT molecular complexity index is 1240. The standard InChI is InChI=1S/C23H15NO/c25-18-11-9-15(10-12-18)21-14-17-13-16-5-1-4-8-22(16)24-23(17)20-7-3-2-6-19(20)21/h1-14,25H. The van der Waals surface area contributed by atoms with E-state index in [0.717, 1.165) is 38.3 Å². The van der Waals surface area contributed by atoms with Crippen molar-refractivity contribution in [1.82, 2.24) is 4.98 Å². The molecule has 4 aromatic carbocycles. The minimum atomic E-state index is 0.279. The van der Waals surface area contributed by atoms with Crippen LogP contribution in [-0.4, -0.2) is 10.1 Å². The molecule has 0 atom stereocenters. The number of benzene rings is 4. The number of phenolic OH excluding ortho intramolecular Hbond substituents is 1. The lowest BCUT2D eigenvalue weighted by molar-refractivity contribution is 0.475. The molecule has 118 valence electrons. The third-order valence-electron chi connectivity index (χ3n) is 4.70. The van der Waals surface area contributed by atoms with Crippen LogP contribution >= 0.6 is 0 Å². The molecular weight excluding hydrogens is 306 g/mol. The number of aromatic nitrogens is 1. The van der Waals surface area contributed by atoms with Gasteiger partial charge >= 0.3 is 0 Å². The van der Waals surface area contributed by atoms with Crippen molar-refractivity contribution in [2.45, 2.75) is 0 Å². The number of rotatable bonds is 1. The zero-order chi connectivity index (χ0) is 16.8. The predicted molar refractivity (Wildman–Crippen MR) is 104 cm³/mol. The molecule has 1 N–H and O–H groups in total. The normalized spacial score (nSPS) is 11.4. The molecule has 0 aliphatic rings. The second-order valence-electron chi connectivity index (χ2n) is 6.27. The molecule has 0 amide bonds. The summed E-state index contributed by atoms with van der Waals surface area (Å²) in [4.78, 5) is 4.91. The molecule has 0 unspecified atom stereocenters. The minimum absolute atomic E-state index is 0.279. The highest BCUT2D eigenvalue weighted by Crippen LogP contribution is 2.35. The van der Waals surface area contributed by atoms with E-state index in [2.05, 4.69) is 48.5 Å². The van der Waals surface area contributed by atoms with Gasteiger partial charge in [0.05, 0.1) is 11.0 Å². The van der Waals surface area contributed by atoms with Crippen LogP contribution in [0.15, 0.2) is 84.9 Å². The van der Waals surface area contributed by atoms with Crippen LogP contribution in [-0.2, 0) is 0 Å². The van der Waals surface area contributed by atoms with Gasteiger partial charge in [-0.2, -0.15) is 0 Å². The first-order valence-corrected chi connectivity index (χ1v) is 8.30. The number of phenols is 1. The Hall–Kier alpha value is -3.39. The van der Waals surface area contributed by atoms with Gasteiger partial charge in [0.15, 0.2) is 0 Å². The van der Waals surface area contributed by atoms with E-state index in [1.54, 1.807) is 12.1 Å². The first-order chi connectivity index (χ1) is 12.3. The lowest BCUT2D eigenvalue weighted by Gasteiger charge is -2.11. The van der Waals surface area contributed by atoms with Crippen LogP contribution in [0.2, 0.25) is 0 Å². The van der Waals surface area contributed by atoms with Crippen molar-refractivity contribution >= 4 is 32.6 Å². The van der Waals surface area contributed by atoms with Gasteiger partial charge in [0.2, 0.25) is 0 Å². The number of hydrogen-bond acceptors (Lipinski definition) is 2. The minimum Gasteiger partial charge on any atom is -0.508 e. The van der Waals surface area contributed by atoms with Gasteiger partial charge < -0.3 is 5.11 Å². The van der Waals surface area contributed by atoms with Crippen molar-refractivity contribution in [3.8, 4) is 16.9 Å². The van der Waals surface area contributed by atoms with Gasteiger partial charge in [-0.25, -0.2) is 4.98 Å². The van der Waals surface area contributed by atoms with Gasteiger partial charge in [-0.15, -0.1) is 0 Å². The Morgan fingerprint density at radius 2 is 1.36 bits per heavy atom. The summed E-state index contributed by atoms with van der Waals surface area (Å²) in [5, 5.41) is 14.2. The first kappa shape index (κ1) is 14.0. The van der Waals surface area contributed by atoms with Crippen LogP contribution in [0.4, 0.5) is 0 Å². The maximum Gasteiger partial charge on any atom is 0.115 e. The van der Waals surface area contributed by atoms with Crippen molar-refractivity contribution < 1.29 is 5.11 Å². The average molecular weight is 321 g/mol. The fraction of sp³-hybridized carbons (Fsp3) is 0. The van der Waals surface area contributed by atoms with Crippen molar-refractivity contribution in [3.05, 3.63) is 84.9 Å². The van der Waals surface area contributed by atoms with Gasteiger partial charge in [-0.05, 0) is 46.8 Å². The summed E-state index contributed by atoms with van der Waals surface area (Å²) in [6.45, 7) is 0. The topological polar surface area (TPSA) is 33.1 Å². The van der Waals surface area contributed by atoms with Crippen LogP contribution in [0.3, 0.4) is 0 Å². The van der Waals surface area contributed by atoms with Crippen molar-refractivity contribution in [3.63, 3.8) is 0 Å². The molecule has 0 fully saturated rings. The molecule has 0 aliphatic heterocycles. The largest absolute Gasteiger partial charge is 0.508 e. The van der Waals surface area contributed by atoms with E-state index >= 15 is 0 Å². The number of aromatic hydroxyl groups is 1. The van der Waals surface area contributed by atoms with E-state index < -0.39 is 0 Å². The highest BCUT2D eigenvalue weighted by Gasteiger charge is 2.10. The predicted octanol–water partition coefficient (Wildman–Crippen LogP) is 5.91. The van der Waals surface area contributed by atoms with Crippen molar-refractivity contribution in [1.29, 1.82) is 0 Å². The Labute approximate surface area is 145 Å². The summed E-state index contributed by atoms with van der Waals surface area (Å²) in [6.07, 6.45) is 0. The van der Waals surface area contributed by atoms with Gasteiger partial charge in [0.25, 0.3) is 0 Å². The fourth-order valence-corrected chi connectivity index (χ4v) is 3.50. The first-order valence-electron chi connectivity index (χ1n) is 8.30. The number of para-hydroxylation sites is 1. The molecule has 25 heavy (non-hydrogen) atoms. The molecular formula is C23H15NO. The second kappa shape index (κ2) is 5.32. The molecule has 0 saturated heterocycles. The summed E-state index contributed by atoms with van der Waals surface area (Å²) in [5.41, 5.74) is 4.28. The fourth-order valence-electron chi connectivity index (χ4n) is 3.50. The molecule has 0 spiro atoms. The van der Waals surface area contributed by atoms with Crippen molar-refractivity contribution in [2.24, 2.45) is 0 Å². The molecule has 1 heterocycles. The van der Waals surface area contributed by atoms with Crippen LogP contribution in [0, 0.1) is 0 Å². The highest BCUT2D eigenvalue weighted by molar-refractivity contribution is 6.14. The quantitative estimate of drug-likeness (QED) is 0.307. The molecule has 2 heteroatoms. The number of hydrogen-bond donors (Lipinski definition) is 1. The maximum atomic E-state index is 9.60. The number of pyridine rings is 1. The molecule has 1 aromatic heterocycles. The van der Waals surface area contributed by atoms with Gasteiger partial charge in [-0.1, -0.05) is 54.6 Å².